The van der Waals surface area contributed by atoms with Gasteiger partial charge in [-0.3, -0.25) is 0 Å². The van der Waals surface area contributed by atoms with Crippen molar-refractivity contribution in [2.24, 2.45) is 0 Å². The Hall–Kier alpha value is -0.150. The molecule has 0 amide bonds. The summed E-state index contributed by atoms with van der Waals surface area (Å²) in [6.07, 6.45) is 0. The summed E-state index contributed by atoms with van der Waals surface area (Å²) in [7, 11) is 0. The van der Waals surface area contributed by atoms with Crippen LogP contribution < -0.4 is 10.2 Å². The Balaban J connectivity index is 0. The van der Waals surface area contributed by atoms with Gasteiger partial charge in [0.05, 0.1) is 0 Å². The van der Waals surface area contributed by atoms with E-state index in [4.69, 9.17) is 4.84 Å². The van der Waals surface area contributed by atoms with Gasteiger partial charge < -0.3 is 4.70 Å². The van der Waals surface area contributed by atoms with Crippen molar-refractivity contribution in [2.75, 3.05) is 13.2 Å². The molecular weight excluding hydrogens is 97.0 g/mol. The number of halogens is 1. The summed E-state index contributed by atoms with van der Waals surface area (Å²) in [5.41, 5.74) is 1.81. The van der Waals surface area contributed by atoms with Gasteiger partial charge in [0.25, 0.3) is 0 Å². The van der Waals surface area contributed by atoms with Crippen LogP contribution >= 0.6 is 0 Å². The van der Waals surface area contributed by atoms with Crippen molar-refractivity contribution in [3.05, 3.63) is 0 Å². The molecule has 0 aliphatic heterocycles. The molecule has 3 heteroatoms. The van der Waals surface area contributed by atoms with Crippen molar-refractivity contribution in [2.45, 2.75) is 13.8 Å². The largest absolute Gasteiger partial charge is 1.00 e. The van der Waals surface area contributed by atoms with Gasteiger partial charge in [0.15, 0.2) is 0 Å². The number of quaternary nitrogens is 1. The van der Waals surface area contributed by atoms with E-state index in [1.807, 2.05) is 6.92 Å². The van der Waals surface area contributed by atoms with E-state index >= 15 is 0 Å². The Bertz CT molecular complexity index is 23.7. The first-order chi connectivity index (χ1) is 2.91. The maximum atomic E-state index is 4.86. The summed E-state index contributed by atoms with van der Waals surface area (Å²) in [5.74, 6) is 0. The van der Waals surface area contributed by atoms with Gasteiger partial charge in [0, 0.05) is 0 Å². The number of rotatable bonds is 3. The Labute approximate surface area is 43.2 Å². The Kier molecular flexibility index (Phi) is 13.2. The van der Waals surface area contributed by atoms with E-state index in [0.29, 0.717) is 0 Å². The van der Waals surface area contributed by atoms with Gasteiger partial charge in [0.1, 0.15) is 13.2 Å². The molecule has 0 aromatic rings. The minimum Gasteiger partial charge on any atom is -1.00 e. The standard InChI is InChI=1S/C4H11NO.FH/c1-3-5-6-4-2;/h5H,3-4H2,1-2H3;1H. The molecule has 0 aliphatic rings. The number of nitrogens with two attached hydrogens (primary N) is 1. The lowest BCUT2D eigenvalue weighted by molar-refractivity contribution is -0.893. The van der Waals surface area contributed by atoms with Crippen LogP contribution in [0, 0.1) is 0 Å². The highest BCUT2D eigenvalue weighted by molar-refractivity contribution is 3.91. The van der Waals surface area contributed by atoms with E-state index in [9.17, 15) is 0 Å². The van der Waals surface area contributed by atoms with E-state index in [0.717, 1.165) is 13.2 Å². The summed E-state index contributed by atoms with van der Waals surface area (Å²) in [4.78, 5) is 4.86. The van der Waals surface area contributed by atoms with E-state index in [1.165, 1.54) is 0 Å². The molecule has 0 aromatic heterocycles. The quantitative estimate of drug-likeness (QED) is 0.296. The van der Waals surface area contributed by atoms with Crippen molar-refractivity contribution in [3.8, 4) is 0 Å². The molecule has 0 saturated carbocycles. The minimum absolute atomic E-state index is 0. The molecule has 46 valence electrons. The molecule has 0 unspecified atom stereocenters. The highest BCUT2D eigenvalue weighted by Crippen LogP contribution is 1.47. The second-order valence-electron chi connectivity index (χ2n) is 1.03. The van der Waals surface area contributed by atoms with Gasteiger partial charge in [-0.05, 0) is 13.8 Å². The first kappa shape index (κ1) is 9.97. The third-order valence-electron chi connectivity index (χ3n) is 0.451. The monoisotopic (exact) mass is 109 g/mol. The van der Waals surface area contributed by atoms with Gasteiger partial charge >= 0.3 is 0 Å². The minimum atomic E-state index is 0. The molecule has 2 nitrogen and oxygen atoms in total. The average molecular weight is 109 g/mol. The molecule has 0 aromatic carbocycles. The van der Waals surface area contributed by atoms with Crippen molar-refractivity contribution in [1.82, 2.24) is 0 Å². The average Bonchev–Trinajstić information content (AvgIpc) is 1.61. The molecule has 0 heterocycles. The van der Waals surface area contributed by atoms with E-state index in [2.05, 4.69) is 6.92 Å². The SMILES string of the molecule is CC[NH2+]OCC.[F-]. The molecule has 0 atom stereocenters. The van der Waals surface area contributed by atoms with E-state index in [-0.39, 0.29) is 4.70 Å². The molecular formula is C4H12FNO. The summed E-state index contributed by atoms with van der Waals surface area (Å²) in [6, 6.07) is 0. The maximum absolute atomic E-state index is 4.86. The fourth-order valence-corrected chi connectivity index (χ4v) is 0.236. The first-order valence-corrected chi connectivity index (χ1v) is 2.35. The highest BCUT2D eigenvalue weighted by Gasteiger charge is 1.74. The third kappa shape index (κ3) is 10.7. The molecule has 0 bridgehead atoms. The van der Waals surface area contributed by atoms with Crippen LogP contribution in [0.5, 0.6) is 0 Å². The van der Waals surface area contributed by atoms with Gasteiger partial charge in [-0.1, -0.05) is 0 Å². The predicted octanol–water partition coefficient (Wildman–Crippen LogP) is -3.47. The number of hydroxylamine groups is 1. The second-order valence-corrected chi connectivity index (χ2v) is 1.03. The Morgan fingerprint density at radius 3 is 2.14 bits per heavy atom. The molecule has 2 N–H and O–H groups in total. The Morgan fingerprint density at radius 2 is 2.00 bits per heavy atom. The fourth-order valence-electron chi connectivity index (χ4n) is 0.236. The Morgan fingerprint density at radius 1 is 1.43 bits per heavy atom. The van der Waals surface area contributed by atoms with Crippen LogP contribution in [0.25, 0.3) is 0 Å². The smallest absolute Gasteiger partial charge is 0.103 e. The lowest BCUT2D eigenvalue weighted by Gasteiger charge is -1.89. The van der Waals surface area contributed by atoms with Gasteiger partial charge in [-0.2, -0.15) is 0 Å². The lowest BCUT2D eigenvalue weighted by atomic mass is 10.8. The van der Waals surface area contributed by atoms with Crippen LogP contribution in [0.15, 0.2) is 0 Å². The van der Waals surface area contributed by atoms with Crippen LogP contribution in [0.3, 0.4) is 0 Å². The lowest BCUT2D eigenvalue weighted by Crippen LogP contribution is -3.00. The van der Waals surface area contributed by atoms with Crippen LogP contribution in [0.1, 0.15) is 13.8 Å². The maximum Gasteiger partial charge on any atom is 0.103 e. The second kappa shape index (κ2) is 9.28. The van der Waals surface area contributed by atoms with Gasteiger partial charge in [-0.25, -0.2) is 10.3 Å². The molecule has 0 saturated heterocycles. The molecule has 0 spiro atoms. The van der Waals surface area contributed by atoms with E-state index in [1.54, 1.807) is 5.48 Å². The van der Waals surface area contributed by atoms with Crippen LogP contribution in [0.4, 0.5) is 0 Å². The first-order valence-electron chi connectivity index (χ1n) is 2.35. The normalized spacial score (nSPS) is 7.71. The van der Waals surface area contributed by atoms with Crippen molar-refractivity contribution in [3.63, 3.8) is 0 Å². The summed E-state index contributed by atoms with van der Waals surface area (Å²) >= 11 is 0. The molecule has 0 aliphatic carbocycles. The predicted molar refractivity (Wildman–Crippen MR) is 24.1 cm³/mol. The van der Waals surface area contributed by atoms with E-state index < -0.39 is 0 Å². The van der Waals surface area contributed by atoms with Crippen LogP contribution in [-0.4, -0.2) is 13.2 Å². The van der Waals surface area contributed by atoms with Crippen LogP contribution in [0.2, 0.25) is 0 Å². The number of hydrogen-bond donors (Lipinski definition) is 1. The molecule has 7 heavy (non-hydrogen) atoms. The summed E-state index contributed by atoms with van der Waals surface area (Å²) in [5, 5.41) is 0. The third-order valence-corrected chi connectivity index (χ3v) is 0.451. The zero-order valence-electron chi connectivity index (χ0n) is 4.78. The molecule has 0 fully saturated rings. The van der Waals surface area contributed by atoms with Gasteiger partial charge in [0.2, 0.25) is 0 Å². The molecule has 0 rings (SSSR count). The number of hydrogen-bond acceptors (Lipinski definition) is 1. The van der Waals surface area contributed by atoms with Gasteiger partial charge in [-0.15, -0.1) is 0 Å². The summed E-state index contributed by atoms with van der Waals surface area (Å²) in [6.45, 7) is 5.84. The fraction of sp³-hybridized carbons (Fsp3) is 1.00. The van der Waals surface area contributed by atoms with Crippen molar-refractivity contribution < 1.29 is 15.0 Å². The summed E-state index contributed by atoms with van der Waals surface area (Å²) < 4.78 is 0. The topological polar surface area (TPSA) is 25.8 Å². The van der Waals surface area contributed by atoms with Crippen molar-refractivity contribution >= 4 is 0 Å². The van der Waals surface area contributed by atoms with Crippen LogP contribution in [-0.2, 0) is 4.84 Å². The van der Waals surface area contributed by atoms with Crippen molar-refractivity contribution in [1.29, 1.82) is 0 Å². The molecule has 0 radical (unpaired) electrons. The highest BCUT2D eigenvalue weighted by atomic mass is 19.0. The zero-order chi connectivity index (χ0) is 4.83. The zero-order valence-corrected chi connectivity index (χ0v) is 4.78.